The number of sulfonamides is 1. The Morgan fingerprint density at radius 3 is 2.63 bits per heavy atom. The zero-order valence-electron chi connectivity index (χ0n) is 15.4. The molecule has 1 aliphatic heterocycles. The second-order valence-corrected chi connectivity index (χ2v) is 8.97. The van der Waals surface area contributed by atoms with Gasteiger partial charge in [-0.3, -0.25) is 10.2 Å². The molecule has 1 fully saturated rings. The molecule has 1 aromatic heterocycles. The number of hydrazine groups is 1. The van der Waals surface area contributed by atoms with Crippen molar-refractivity contribution in [3.63, 3.8) is 0 Å². The summed E-state index contributed by atoms with van der Waals surface area (Å²) in [5.74, 6) is -0.529. The third-order valence-electron chi connectivity index (χ3n) is 4.21. The van der Waals surface area contributed by atoms with E-state index < -0.39 is 15.9 Å². The van der Waals surface area contributed by atoms with Crippen molar-refractivity contribution in [2.45, 2.75) is 25.7 Å². The molecule has 0 aliphatic carbocycles. The minimum Gasteiger partial charge on any atom is -0.378 e. The topological polar surface area (TPSA) is 101 Å². The van der Waals surface area contributed by atoms with E-state index in [4.69, 9.17) is 4.74 Å². The number of hydrogen-bond acceptors (Lipinski definition) is 7. The van der Waals surface area contributed by atoms with E-state index in [1.807, 2.05) is 13.0 Å². The number of nitrogens with one attached hydrogen (secondary N) is 2. The Labute approximate surface area is 162 Å². The summed E-state index contributed by atoms with van der Waals surface area (Å²) in [6, 6.07) is 5.13. The van der Waals surface area contributed by atoms with E-state index in [2.05, 4.69) is 20.1 Å². The number of amides is 1. The average Bonchev–Trinajstić information content (AvgIpc) is 3.04. The normalized spacial score (nSPS) is 15.0. The number of carbonyl (C=O) groups excluding carboxylic acids is 1. The number of rotatable bonds is 5. The highest BCUT2D eigenvalue weighted by molar-refractivity contribution is 7.89. The molecule has 1 aromatic carbocycles. The number of anilines is 1. The number of thiazole rings is 1. The molecule has 146 valence electrons. The fourth-order valence-corrected chi connectivity index (χ4v) is 4.89. The largest absolute Gasteiger partial charge is 0.378 e. The second-order valence-electron chi connectivity index (χ2n) is 6.34. The van der Waals surface area contributed by atoms with Crippen LogP contribution in [0.2, 0.25) is 0 Å². The monoisotopic (exact) mass is 410 g/mol. The minimum absolute atomic E-state index is 0.137. The number of aryl methyl sites for hydroxylation is 3. The summed E-state index contributed by atoms with van der Waals surface area (Å²) in [7, 11) is -3.87. The van der Waals surface area contributed by atoms with E-state index in [9.17, 15) is 13.2 Å². The Balaban J connectivity index is 1.72. The Kier molecular flexibility index (Phi) is 5.80. The first-order chi connectivity index (χ1) is 12.8. The van der Waals surface area contributed by atoms with Gasteiger partial charge in [0.1, 0.15) is 4.88 Å². The van der Waals surface area contributed by atoms with E-state index in [1.165, 1.54) is 11.3 Å². The average molecular weight is 411 g/mol. The molecule has 3 rings (SSSR count). The van der Waals surface area contributed by atoms with Gasteiger partial charge in [0, 0.05) is 13.1 Å². The van der Waals surface area contributed by atoms with Crippen molar-refractivity contribution >= 4 is 32.4 Å². The highest BCUT2D eigenvalue weighted by Crippen LogP contribution is 2.26. The lowest BCUT2D eigenvalue weighted by Gasteiger charge is -2.25. The molecule has 8 nitrogen and oxygen atoms in total. The van der Waals surface area contributed by atoms with Gasteiger partial charge >= 0.3 is 0 Å². The smallest absolute Gasteiger partial charge is 0.278 e. The van der Waals surface area contributed by atoms with Gasteiger partial charge in [-0.2, -0.15) is 0 Å². The number of ether oxygens (including phenoxy) is 1. The summed E-state index contributed by atoms with van der Waals surface area (Å²) in [6.45, 7) is 7.92. The van der Waals surface area contributed by atoms with Crippen molar-refractivity contribution < 1.29 is 17.9 Å². The molecule has 0 spiro atoms. The van der Waals surface area contributed by atoms with Crippen LogP contribution in [0, 0.1) is 20.8 Å². The van der Waals surface area contributed by atoms with Crippen molar-refractivity contribution in [2.24, 2.45) is 0 Å². The van der Waals surface area contributed by atoms with Crippen molar-refractivity contribution in [3.05, 3.63) is 39.9 Å². The van der Waals surface area contributed by atoms with Crippen LogP contribution >= 0.6 is 11.3 Å². The van der Waals surface area contributed by atoms with Crippen LogP contribution in [0.3, 0.4) is 0 Å². The van der Waals surface area contributed by atoms with Gasteiger partial charge in [0.25, 0.3) is 15.9 Å². The molecular formula is C17H22N4O4S2. The molecule has 0 bridgehead atoms. The highest BCUT2D eigenvalue weighted by Gasteiger charge is 2.23. The molecule has 0 radical (unpaired) electrons. The van der Waals surface area contributed by atoms with Crippen molar-refractivity contribution in [1.82, 2.24) is 15.2 Å². The molecule has 2 heterocycles. The first kappa shape index (κ1) is 19.7. The first-order valence-corrected chi connectivity index (χ1v) is 10.8. The summed E-state index contributed by atoms with van der Waals surface area (Å²) in [6.07, 6.45) is 0. The third kappa shape index (κ3) is 4.46. The molecule has 2 N–H and O–H groups in total. The fraction of sp³-hybridized carbons (Fsp3) is 0.412. The zero-order valence-corrected chi connectivity index (χ0v) is 17.0. The predicted molar refractivity (Wildman–Crippen MR) is 104 cm³/mol. The van der Waals surface area contributed by atoms with E-state index in [0.29, 0.717) is 42.4 Å². The third-order valence-corrected chi connectivity index (χ3v) is 6.81. The molecule has 27 heavy (non-hydrogen) atoms. The molecule has 0 atom stereocenters. The Bertz CT molecular complexity index is 950. The molecule has 0 unspecified atom stereocenters. The zero-order chi connectivity index (χ0) is 19.6. The van der Waals surface area contributed by atoms with E-state index in [-0.39, 0.29) is 4.90 Å². The molecular weight excluding hydrogens is 388 g/mol. The van der Waals surface area contributed by atoms with Gasteiger partial charge in [-0.25, -0.2) is 13.4 Å². The van der Waals surface area contributed by atoms with Gasteiger partial charge in [-0.1, -0.05) is 23.5 Å². The lowest BCUT2D eigenvalue weighted by molar-refractivity contribution is 0.0948. The van der Waals surface area contributed by atoms with Gasteiger partial charge in [-0.05, 0) is 38.0 Å². The maximum Gasteiger partial charge on any atom is 0.278 e. The number of benzene rings is 1. The molecule has 1 saturated heterocycles. The Morgan fingerprint density at radius 1 is 1.22 bits per heavy atom. The van der Waals surface area contributed by atoms with Gasteiger partial charge in [0.15, 0.2) is 5.13 Å². The maximum absolute atomic E-state index is 12.5. The number of hydrogen-bond donors (Lipinski definition) is 2. The van der Waals surface area contributed by atoms with Crippen molar-refractivity contribution in [2.75, 3.05) is 31.2 Å². The van der Waals surface area contributed by atoms with E-state index in [0.717, 1.165) is 10.7 Å². The lowest BCUT2D eigenvalue weighted by Crippen LogP contribution is -2.41. The number of morpholine rings is 1. The van der Waals surface area contributed by atoms with Gasteiger partial charge in [0.2, 0.25) is 0 Å². The van der Waals surface area contributed by atoms with Crippen molar-refractivity contribution in [1.29, 1.82) is 0 Å². The van der Waals surface area contributed by atoms with E-state index >= 15 is 0 Å². The first-order valence-electron chi connectivity index (χ1n) is 8.47. The van der Waals surface area contributed by atoms with Gasteiger partial charge < -0.3 is 9.64 Å². The minimum atomic E-state index is -3.87. The van der Waals surface area contributed by atoms with Crippen LogP contribution in [-0.4, -0.2) is 45.6 Å². The SMILES string of the molecule is Cc1ccc(C)c(S(=O)(=O)NNC(=O)c2sc(N3CCOCC3)nc2C)c1. The fourth-order valence-electron chi connectivity index (χ4n) is 2.70. The maximum atomic E-state index is 12.5. The number of aromatic nitrogens is 1. The standard InChI is InChI=1S/C17H22N4O4S2/c1-11-4-5-12(2)14(10-11)27(23,24)20-19-16(22)15-13(3)18-17(26-15)21-6-8-25-9-7-21/h4-5,10,20H,6-9H2,1-3H3,(H,19,22). The van der Waals surface area contributed by atoms with Crippen LogP contribution in [0.5, 0.6) is 0 Å². The van der Waals surface area contributed by atoms with Crippen LogP contribution < -0.4 is 15.2 Å². The van der Waals surface area contributed by atoms with Gasteiger partial charge in [0.05, 0.1) is 23.8 Å². The highest BCUT2D eigenvalue weighted by atomic mass is 32.2. The second kappa shape index (κ2) is 7.93. The molecule has 1 aliphatic rings. The van der Waals surface area contributed by atoms with E-state index in [1.54, 1.807) is 26.0 Å². The van der Waals surface area contributed by atoms with Crippen LogP contribution in [0.1, 0.15) is 26.5 Å². The molecule has 10 heteroatoms. The van der Waals surface area contributed by atoms with Crippen LogP contribution in [0.25, 0.3) is 0 Å². The Hall–Kier alpha value is -2.01. The molecule has 0 saturated carbocycles. The lowest BCUT2D eigenvalue weighted by atomic mass is 10.2. The van der Waals surface area contributed by atoms with Crippen LogP contribution in [0.15, 0.2) is 23.1 Å². The van der Waals surface area contributed by atoms with Crippen LogP contribution in [0.4, 0.5) is 5.13 Å². The summed E-state index contributed by atoms with van der Waals surface area (Å²) >= 11 is 1.24. The summed E-state index contributed by atoms with van der Waals surface area (Å²) in [4.78, 5) is 21.7. The molecule has 1 amide bonds. The number of carbonyl (C=O) groups is 1. The Morgan fingerprint density at radius 2 is 1.93 bits per heavy atom. The predicted octanol–water partition coefficient (Wildman–Crippen LogP) is 1.53. The van der Waals surface area contributed by atoms with Crippen molar-refractivity contribution in [3.8, 4) is 0 Å². The van der Waals surface area contributed by atoms with Crippen LogP contribution in [-0.2, 0) is 14.8 Å². The summed E-state index contributed by atoms with van der Waals surface area (Å²) < 4.78 is 30.4. The quantitative estimate of drug-likeness (QED) is 0.725. The summed E-state index contributed by atoms with van der Waals surface area (Å²) in [5, 5.41) is 0.735. The molecule has 2 aromatic rings. The number of nitrogens with zero attached hydrogens (tertiary/aromatic N) is 2. The summed E-state index contributed by atoms with van der Waals surface area (Å²) in [5.41, 5.74) is 4.27. The van der Waals surface area contributed by atoms with Gasteiger partial charge in [-0.15, -0.1) is 4.83 Å².